The maximum Gasteiger partial charge on any atom is 0.344 e. The smallest absolute Gasteiger partial charge is 0.344 e. The van der Waals surface area contributed by atoms with E-state index in [-0.39, 0.29) is 18.6 Å². The standard InChI is InChI=1S/C21H23NO5/c1-15(21(24)22-17-7-8-17)27-20(23)14-26-19-11-9-18(10-12-19)25-13-16-5-3-2-4-6-16/h2-6,9-12,15,17H,7-8,13-14H2,1H3,(H,22,24). The summed E-state index contributed by atoms with van der Waals surface area (Å²) >= 11 is 0. The van der Waals surface area contributed by atoms with E-state index >= 15 is 0 Å². The van der Waals surface area contributed by atoms with Gasteiger partial charge in [0.15, 0.2) is 12.7 Å². The van der Waals surface area contributed by atoms with Crippen molar-refractivity contribution < 1.29 is 23.8 Å². The van der Waals surface area contributed by atoms with Crippen molar-refractivity contribution >= 4 is 11.9 Å². The SMILES string of the molecule is CC(OC(=O)COc1ccc(OCc2ccccc2)cc1)C(=O)NC1CC1. The molecular formula is C21H23NO5. The molecular weight excluding hydrogens is 346 g/mol. The first-order valence-electron chi connectivity index (χ1n) is 8.99. The van der Waals surface area contributed by atoms with Gasteiger partial charge < -0.3 is 19.5 Å². The molecule has 6 nitrogen and oxygen atoms in total. The van der Waals surface area contributed by atoms with Gasteiger partial charge in [0.2, 0.25) is 0 Å². The molecule has 2 aromatic carbocycles. The second kappa shape index (κ2) is 9.07. The molecule has 1 N–H and O–H groups in total. The van der Waals surface area contributed by atoms with Crippen molar-refractivity contribution in [1.29, 1.82) is 0 Å². The summed E-state index contributed by atoms with van der Waals surface area (Å²) in [4.78, 5) is 23.6. The average molecular weight is 369 g/mol. The quantitative estimate of drug-likeness (QED) is 0.688. The van der Waals surface area contributed by atoms with Gasteiger partial charge in [0.25, 0.3) is 5.91 Å². The summed E-state index contributed by atoms with van der Waals surface area (Å²) < 4.78 is 16.2. The fourth-order valence-corrected chi connectivity index (χ4v) is 2.35. The molecule has 3 rings (SSSR count). The Bertz CT molecular complexity index is 756. The van der Waals surface area contributed by atoms with E-state index < -0.39 is 12.1 Å². The van der Waals surface area contributed by atoms with Crippen LogP contribution in [0.5, 0.6) is 11.5 Å². The van der Waals surface area contributed by atoms with Gasteiger partial charge in [-0.25, -0.2) is 4.79 Å². The Morgan fingerprint density at radius 2 is 1.63 bits per heavy atom. The van der Waals surface area contributed by atoms with Crippen LogP contribution in [0.2, 0.25) is 0 Å². The van der Waals surface area contributed by atoms with Gasteiger partial charge in [-0.3, -0.25) is 4.79 Å². The van der Waals surface area contributed by atoms with E-state index in [0.29, 0.717) is 18.1 Å². The molecule has 0 heterocycles. The van der Waals surface area contributed by atoms with Crippen LogP contribution >= 0.6 is 0 Å². The van der Waals surface area contributed by atoms with Crippen LogP contribution in [0.1, 0.15) is 25.3 Å². The van der Waals surface area contributed by atoms with E-state index in [0.717, 1.165) is 18.4 Å². The number of nitrogens with one attached hydrogen (secondary N) is 1. The number of hydrogen-bond donors (Lipinski definition) is 1. The van der Waals surface area contributed by atoms with Gasteiger partial charge in [-0.2, -0.15) is 0 Å². The van der Waals surface area contributed by atoms with Crippen LogP contribution in [0.25, 0.3) is 0 Å². The molecule has 0 aromatic heterocycles. The predicted octanol–water partition coefficient (Wildman–Crippen LogP) is 2.85. The number of amides is 1. The molecule has 1 fully saturated rings. The van der Waals surface area contributed by atoms with E-state index in [2.05, 4.69) is 5.32 Å². The molecule has 1 atom stereocenters. The van der Waals surface area contributed by atoms with Gasteiger partial charge in [0, 0.05) is 6.04 Å². The number of hydrogen-bond acceptors (Lipinski definition) is 5. The molecule has 1 amide bonds. The monoisotopic (exact) mass is 369 g/mol. The number of esters is 1. The Hall–Kier alpha value is -3.02. The largest absolute Gasteiger partial charge is 0.489 e. The summed E-state index contributed by atoms with van der Waals surface area (Å²) in [5, 5.41) is 2.79. The molecule has 0 radical (unpaired) electrons. The molecule has 142 valence electrons. The summed E-state index contributed by atoms with van der Waals surface area (Å²) in [7, 11) is 0. The first-order chi connectivity index (χ1) is 13.1. The van der Waals surface area contributed by atoms with E-state index in [1.165, 1.54) is 0 Å². The molecule has 1 aliphatic rings. The minimum atomic E-state index is -0.824. The Kier molecular flexibility index (Phi) is 6.30. The summed E-state index contributed by atoms with van der Waals surface area (Å²) in [5.41, 5.74) is 1.08. The first-order valence-corrected chi connectivity index (χ1v) is 8.99. The Morgan fingerprint density at radius 3 is 2.26 bits per heavy atom. The minimum absolute atomic E-state index is 0.234. The molecule has 0 bridgehead atoms. The molecule has 1 aliphatic carbocycles. The highest BCUT2D eigenvalue weighted by Crippen LogP contribution is 2.20. The third kappa shape index (κ3) is 6.33. The number of benzene rings is 2. The molecule has 0 spiro atoms. The third-order valence-electron chi connectivity index (χ3n) is 4.03. The summed E-state index contributed by atoms with van der Waals surface area (Å²) in [6.07, 6.45) is 1.15. The van der Waals surface area contributed by atoms with Gasteiger partial charge in [-0.15, -0.1) is 0 Å². The highest BCUT2D eigenvalue weighted by molar-refractivity contribution is 5.84. The number of rotatable bonds is 9. The van der Waals surface area contributed by atoms with Crippen LogP contribution < -0.4 is 14.8 Å². The Labute approximate surface area is 158 Å². The summed E-state index contributed by atoms with van der Waals surface area (Å²) in [5.74, 6) is 0.372. The lowest BCUT2D eigenvalue weighted by atomic mass is 10.2. The maximum atomic E-state index is 11.8. The highest BCUT2D eigenvalue weighted by Gasteiger charge is 2.27. The van der Waals surface area contributed by atoms with Gasteiger partial charge >= 0.3 is 5.97 Å². The third-order valence-corrected chi connectivity index (χ3v) is 4.03. The van der Waals surface area contributed by atoms with Crippen molar-refractivity contribution in [3.63, 3.8) is 0 Å². The fourth-order valence-electron chi connectivity index (χ4n) is 2.35. The van der Waals surface area contributed by atoms with Crippen molar-refractivity contribution in [2.45, 2.75) is 38.5 Å². The summed E-state index contributed by atoms with van der Waals surface area (Å²) in [6, 6.07) is 17.1. The molecule has 1 unspecified atom stereocenters. The topological polar surface area (TPSA) is 73.9 Å². The van der Waals surface area contributed by atoms with Crippen molar-refractivity contribution in [3.8, 4) is 11.5 Å². The highest BCUT2D eigenvalue weighted by atomic mass is 16.6. The van der Waals surface area contributed by atoms with Crippen molar-refractivity contribution in [3.05, 3.63) is 60.2 Å². The molecule has 6 heteroatoms. The molecule has 1 saturated carbocycles. The molecule has 0 aliphatic heterocycles. The van der Waals surface area contributed by atoms with Gasteiger partial charge in [-0.1, -0.05) is 30.3 Å². The molecule has 27 heavy (non-hydrogen) atoms. The number of ether oxygens (including phenoxy) is 3. The lowest BCUT2D eigenvalue weighted by Gasteiger charge is -2.13. The van der Waals surface area contributed by atoms with Gasteiger partial charge in [-0.05, 0) is 49.6 Å². The van der Waals surface area contributed by atoms with E-state index in [1.54, 1.807) is 31.2 Å². The van der Waals surface area contributed by atoms with Gasteiger partial charge in [0.1, 0.15) is 18.1 Å². The van der Waals surface area contributed by atoms with E-state index in [9.17, 15) is 9.59 Å². The lowest BCUT2D eigenvalue weighted by Crippen LogP contribution is -2.37. The van der Waals surface area contributed by atoms with Crippen LogP contribution in [-0.4, -0.2) is 30.6 Å². The second-order valence-corrected chi connectivity index (χ2v) is 6.45. The Balaban J connectivity index is 1.38. The van der Waals surface area contributed by atoms with E-state index in [4.69, 9.17) is 14.2 Å². The average Bonchev–Trinajstić information content (AvgIpc) is 3.50. The fraction of sp³-hybridized carbons (Fsp3) is 0.333. The molecule has 2 aromatic rings. The Morgan fingerprint density at radius 1 is 1.00 bits per heavy atom. The van der Waals surface area contributed by atoms with Crippen molar-refractivity contribution in [1.82, 2.24) is 5.32 Å². The first kappa shape index (κ1) is 18.8. The zero-order valence-electron chi connectivity index (χ0n) is 15.2. The van der Waals surface area contributed by atoms with Crippen LogP contribution in [0.15, 0.2) is 54.6 Å². The van der Waals surface area contributed by atoms with Crippen molar-refractivity contribution in [2.24, 2.45) is 0 Å². The zero-order valence-corrected chi connectivity index (χ0v) is 15.2. The predicted molar refractivity (Wildman–Crippen MR) is 99.4 cm³/mol. The van der Waals surface area contributed by atoms with Crippen molar-refractivity contribution in [2.75, 3.05) is 6.61 Å². The summed E-state index contributed by atoms with van der Waals surface area (Å²) in [6.45, 7) is 1.77. The number of carbonyl (C=O) groups is 2. The zero-order chi connectivity index (χ0) is 19.1. The van der Waals surface area contributed by atoms with Crippen LogP contribution in [0.3, 0.4) is 0 Å². The van der Waals surface area contributed by atoms with Crippen LogP contribution in [-0.2, 0) is 20.9 Å². The normalized spacial score (nSPS) is 14.1. The van der Waals surface area contributed by atoms with Crippen LogP contribution in [0, 0.1) is 0 Å². The molecule has 0 saturated heterocycles. The van der Waals surface area contributed by atoms with E-state index in [1.807, 2.05) is 30.3 Å². The minimum Gasteiger partial charge on any atom is -0.489 e. The van der Waals surface area contributed by atoms with Gasteiger partial charge in [0.05, 0.1) is 0 Å². The maximum absolute atomic E-state index is 11.8. The second-order valence-electron chi connectivity index (χ2n) is 6.45. The number of carbonyl (C=O) groups excluding carboxylic acids is 2. The lowest BCUT2D eigenvalue weighted by molar-refractivity contribution is -0.156. The van der Waals surface area contributed by atoms with Crippen LogP contribution in [0.4, 0.5) is 0 Å².